The molecule has 3 aromatic heterocycles. The minimum atomic E-state index is 0.643. The highest BCUT2D eigenvalue weighted by Gasteiger charge is 2.15. The van der Waals surface area contributed by atoms with Crippen LogP contribution >= 0.6 is 0 Å². The third-order valence-corrected chi connectivity index (χ3v) is 14.8. The number of fused-ring (bicyclic) bond motifs is 5. The number of hydrogen-bond acceptors (Lipinski definition) is 5. The third-order valence-electron chi connectivity index (χ3n) is 14.8. The zero-order valence-electron chi connectivity index (χ0n) is 43.5. The fourth-order valence-electron chi connectivity index (χ4n) is 10.7. The second-order valence-electron chi connectivity index (χ2n) is 19.8. The molecule has 0 radical (unpaired) electrons. The monoisotopic (exact) mass is 1030 g/mol. The Bertz CT molecular complexity index is 4430. The molecule has 0 N–H and O–H groups in total. The summed E-state index contributed by atoms with van der Waals surface area (Å²) < 4.78 is 14.2. The molecule has 12 aromatic carbocycles. The van der Waals surface area contributed by atoms with Gasteiger partial charge in [0, 0.05) is 44.6 Å². The van der Waals surface area contributed by atoms with Gasteiger partial charge in [-0.25, -0.2) is 9.97 Å². The molecule has 0 atom stereocenters. The first-order chi connectivity index (χ1) is 39.6. The maximum absolute atomic E-state index is 5.93. The van der Waals surface area contributed by atoms with E-state index in [-0.39, 0.29) is 0 Å². The van der Waals surface area contributed by atoms with E-state index in [1.54, 1.807) is 0 Å². The quantitative estimate of drug-likeness (QED) is 0.137. The molecule has 80 heavy (non-hydrogen) atoms. The number of rotatable bonds is 10. The molecular weight excluding hydrogens is 977 g/mol. The van der Waals surface area contributed by atoms with E-state index in [0.29, 0.717) is 11.8 Å². The molecule has 0 amide bonds. The van der Waals surface area contributed by atoms with E-state index < -0.39 is 0 Å². The van der Waals surface area contributed by atoms with E-state index >= 15 is 0 Å². The van der Waals surface area contributed by atoms with Crippen molar-refractivity contribution in [3.63, 3.8) is 0 Å². The predicted octanol–water partition coefficient (Wildman–Crippen LogP) is 20.2. The lowest BCUT2D eigenvalue weighted by Gasteiger charge is -2.25. The summed E-state index contributed by atoms with van der Waals surface area (Å²) in [6, 6.07) is 106. The Morgan fingerprint density at radius 2 is 0.537 bits per heavy atom. The van der Waals surface area contributed by atoms with Crippen molar-refractivity contribution < 1.29 is 8.83 Å². The van der Waals surface area contributed by atoms with Crippen molar-refractivity contribution in [2.24, 2.45) is 0 Å². The van der Waals surface area contributed by atoms with Gasteiger partial charge in [0.25, 0.3) is 0 Å². The van der Waals surface area contributed by atoms with Crippen LogP contribution in [0.2, 0.25) is 0 Å². The van der Waals surface area contributed by atoms with E-state index in [0.717, 1.165) is 67.2 Å². The highest BCUT2D eigenvalue weighted by Crippen LogP contribution is 2.38. The SMILES string of the molecule is c1ccc(N(c2ccccc2)c2ccc(-c3ccc(-c4ccc(-c5nc6ccccc6o5)cc4)cc3)cc2)cc1.c1ccc2oc(-c3ccc(-c4ccc(-c5ccc(-n6c7ccccc7c7ccccc76)cc5)cc4)cc3)nc2c1. The minimum absolute atomic E-state index is 0.643. The molecule has 15 aromatic rings. The summed E-state index contributed by atoms with van der Waals surface area (Å²) in [6.07, 6.45) is 0. The number of nitrogens with zero attached hydrogens (tertiary/aromatic N) is 4. The lowest BCUT2D eigenvalue weighted by molar-refractivity contribution is 0.619. The lowest BCUT2D eigenvalue weighted by atomic mass is 9.99. The molecule has 0 saturated heterocycles. The Kier molecular flexibility index (Phi) is 12.5. The van der Waals surface area contributed by atoms with Crippen LogP contribution in [-0.2, 0) is 0 Å². The second-order valence-corrected chi connectivity index (χ2v) is 19.8. The van der Waals surface area contributed by atoms with Gasteiger partial charge in [0.15, 0.2) is 11.2 Å². The van der Waals surface area contributed by atoms with Crippen LogP contribution in [0.25, 0.3) is 117 Å². The molecule has 3 heterocycles. The molecule has 15 rings (SSSR count). The van der Waals surface area contributed by atoms with E-state index in [4.69, 9.17) is 8.83 Å². The molecule has 0 aliphatic carbocycles. The molecule has 0 aliphatic rings. The van der Waals surface area contributed by atoms with Gasteiger partial charge in [0.05, 0.1) is 11.0 Å². The summed E-state index contributed by atoms with van der Waals surface area (Å²) in [5.74, 6) is 1.29. The molecule has 6 heteroatoms. The number of anilines is 3. The van der Waals surface area contributed by atoms with Crippen LogP contribution in [0.15, 0.2) is 312 Å². The Morgan fingerprint density at radius 3 is 0.912 bits per heavy atom. The minimum Gasteiger partial charge on any atom is -0.436 e. The van der Waals surface area contributed by atoms with E-state index in [1.807, 2.05) is 60.7 Å². The zero-order valence-corrected chi connectivity index (χ0v) is 43.5. The van der Waals surface area contributed by atoms with Crippen molar-refractivity contribution in [2.75, 3.05) is 4.90 Å². The van der Waals surface area contributed by atoms with Gasteiger partial charge in [-0.1, -0.05) is 194 Å². The van der Waals surface area contributed by atoms with E-state index in [9.17, 15) is 0 Å². The van der Waals surface area contributed by atoms with Crippen LogP contribution in [0.4, 0.5) is 17.1 Å². The number of oxazole rings is 2. The first-order valence-corrected chi connectivity index (χ1v) is 26.9. The van der Waals surface area contributed by atoms with Gasteiger partial charge < -0.3 is 18.3 Å². The fraction of sp³-hybridized carbons (Fsp3) is 0. The van der Waals surface area contributed by atoms with Crippen molar-refractivity contribution >= 4 is 61.1 Å². The van der Waals surface area contributed by atoms with Gasteiger partial charge in [0.1, 0.15) is 11.0 Å². The first kappa shape index (κ1) is 47.6. The van der Waals surface area contributed by atoms with Crippen LogP contribution < -0.4 is 4.90 Å². The molecule has 0 spiro atoms. The summed E-state index contributed by atoms with van der Waals surface area (Å²) in [5, 5.41) is 2.55. The summed E-state index contributed by atoms with van der Waals surface area (Å²) in [4.78, 5) is 11.5. The normalized spacial score (nSPS) is 11.2. The van der Waals surface area contributed by atoms with Crippen LogP contribution in [-0.4, -0.2) is 14.5 Å². The molecule has 6 nitrogen and oxygen atoms in total. The van der Waals surface area contributed by atoms with Gasteiger partial charge in [0.2, 0.25) is 11.8 Å². The fourth-order valence-corrected chi connectivity index (χ4v) is 10.7. The average molecular weight is 1030 g/mol. The van der Waals surface area contributed by atoms with Gasteiger partial charge in [-0.05, 0) is 154 Å². The topological polar surface area (TPSA) is 60.2 Å². The molecule has 0 fully saturated rings. The third kappa shape index (κ3) is 9.37. The Morgan fingerprint density at radius 1 is 0.250 bits per heavy atom. The van der Waals surface area contributed by atoms with Crippen LogP contribution in [0.1, 0.15) is 0 Å². The highest BCUT2D eigenvalue weighted by molar-refractivity contribution is 6.09. The van der Waals surface area contributed by atoms with E-state index in [2.05, 4.69) is 262 Å². The number of para-hydroxylation sites is 8. The van der Waals surface area contributed by atoms with Crippen LogP contribution in [0.3, 0.4) is 0 Å². The number of benzene rings is 12. The maximum atomic E-state index is 5.93. The molecule has 0 saturated carbocycles. The van der Waals surface area contributed by atoms with Crippen LogP contribution in [0.5, 0.6) is 0 Å². The van der Waals surface area contributed by atoms with Crippen molar-refractivity contribution in [1.29, 1.82) is 0 Å². The average Bonchev–Trinajstić information content (AvgIpc) is 4.28. The Balaban J connectivity index is 0.000000144. The molecule has 0 unspecified atom stereocenters. The largest absolute Gasteiger partial charge is 0.436 e. The maximum Gasteiger partial charge on any atom is 0.227 e. The van der Waals surface area contributed by atoms with Gasteiger partial charge in [-0.2, -0.15) is 0 Å². The molecule has 378 valence electrons. The summed E-state index contributed by atoms with van der Waals surface area (Å²) in [7, 11) is 0. The van der Waals surface area contributed by atoms with Gasteiger partial charge >= 0.3 is 0 Å². The molecule has 0 aliphatic heterocycles. The predicted molar refractivity (Wildman–Crippen MR) is 330 cm³/mol. The van der Waals surface area contributed by atoms with Gasteiger partial charge in [-0.15, -0.1) is 0 Å². The standard InChI is InChI=1S/C37H24N2O.C37H26N2O/c1-4-10-34-31(7-1)32-8-2-5-11-35(32)39(34)30-23-21-28(22-24-30)26-15-13-25(14-16-26)27-17-19-29(20-18-27)37-38-33-9-3-6-12-36(33)40-37;1-3-9-32(10-4-1)39(33-11-5-2-6-12-33)34-25-23-30(24-26-34)28-17-15-27(16-18-28)29-19-21-31(22-20-29)37-38-35-13-7-8-14-36(35)40-37/h1-24H;1-26H. The number of aromatic nitrogens is 3. The molecular formula is C74H50N4O2. The Labute approximate surface area is 463 Å². The smallest absolute Gasteiger partial charge is 0.227 e. The van der Waals surface area contributed by atoms with Crippen molar-refractivity contribution in [3.05, 3.63) is 303 Å². The number of hydrogen-bond donors (Lipinski definition) is 0. The van der Waals surface area contributed by atoms with Gasteiger partial charge in [-0.3, -0.25) is 0 Å². The van der Waals surface area contributed by atoms with Crippen molar-refractivity contribution in [3.8, 4) is 73.1 Å². The molecule has 0 bridgehead atoms. The first-order valence-electron chi connectivity index (χ1n) is 26.9. The highest BCUT2D eigenvalue weighted by atomic mass is 16.4. The van der Waals surface area contributed by atoms with Crippen molar-refractivity contribution in [1.82, 2.24) is 14.5 Å². The summed E-state index contributed by atoms with van der Waals surface area (Å²) in [6.45, 7) is 0. The lowest BCUT2D eigenvalue weighted by Crippen LogP contribution is -2.09. The zero-order chi connectivity index (χ0) is 53.2. The van der Waals surface area contributed by atoms with Crippen molar-refractivity contribution in [2.45, 2.75) is 0 Å². The second kappa shape index (κ2) is 21.0. The van der Waals surface area contributed by atoms with E-state index in [1.165, 1.54) is 55.2 Å². The summed E-state index contributed by atoms with van der Waals surface area (Å²) in [5.41, 5.74) is 21.7. The van der Waals surface area contributed by atoms with Crippen LogP contribution in [0, 0.1) is 0 Å². The Hall–Kier alpha value is -10.8. The summed E-state index contributed by atoms with van der Waals surface area (Å²) >= 11 is 0.